The molecule has 12 heteroatoms. The molecule has 0 unspecified atom stereocenters. The smallest absolute Gasteiger partial charge is 0.339 e. The van der Waals surface area contributed by atoms with Gasteiger partial charge < -0.3 is 8.37 Å². The molecule has 0 saturated carbocycles. The standard InChI is InChI=1S/C37H30N2O8S2/c1-3-37(4-2,23-11-15-25(16-12-23)46-48(42,43)33-9-5-7-29-27(33)19-21-31(38)35(29)40)24-13-17-26(18-14-24)47-49(44,45)34-10-6-8-30-28(34)20-22-32(39)36(30)41/h5-22,38-39H,3-4H2,1-2H3. The molecule has 0 bridgehead atoms. The van der Waals surface area contributed by atoms with Crippen LogP contribution in [-0.4, -0.2) is 39.8 Å². The number of fused-ring (bicyclic) bond motifs is 2. The van der Waals surface area contributed by atoms with Crippen LogP contribution < -0.4 is 8.37 Å². The van der Waals surface area contributed by atoms with E-state index < -0.39 is 37.2 Å². The summed E-state index contributed by atoms with van der Waals surface area (Å²) >= 11 is 0. The Morgan fingerprint density at radius 3 is 1.27 bits per heavy atom. The van der Waals surface area contributed by atoms with E-state index in [2.05, 4.69) is 0 Å². The highest BCUT2D eigenvalue weighted by Gasteiger charge is 2.32. The lowest BCUT2D eigenvalue weighted by Gasteiger charge is -2.33. The van der Waals surface area contributed by atoms with Crippen LogP contribution in [0.5, 0.6) is 11.5 Å². The first-order chi connectivity index (χ1) is 23.3. The van der Waals surface area contributed by atoms with Crippen LogP contribution in [0.25, 0.3) is 12.2 Å². The molecule has 0 fully saturated rings. The zero-order valence-electron chi connectivity index (χ0n) is 26.4. The molecule has 2 aliphatic rings. The summed E-state index contributed by atoms with van der Waals surface area (Å²) in [6.45, 7) is 4.04. The SMILES string of the molecule is CCC(CC)(c1ccc(OS(=O)(=O)c2cccc3c2C=CC(=N)C3=O)cc1)c1ccc(OS(=O)(=O)c2cccc3c2C=CC(=N)C3=O)cc1. The van der Waals surface area contributed by atoms with Crippen LogP contribution in [-0.2, 0) is 25.7 Å². The summed E-state index contributed by atoms with van der Waals surface area (Å²) in [6.07, 6.45) is 6.69. The number of hydrogen-bond donors (Lipinski definition) is 2. The summed E-state index contributed by atoms with van der Waals surface area (Å²) in [5.41, 5.74) is 1.37. The lowest BCUT2D eigenvalue weighted by Crippen LogP contribution is -2.26. The van der Waals surface area contributed by atoms with Crippen LogP contribution in [0.1, 0.15) is 69.7 Å². The molecular formula is C37H30N2O8S2. The summed E-state index contributed by atoms with van der Waals surface area (Å²) in [5.74, 6) is -0.981. The van der Waals surface area contributed by atoms with Gasteiger partial charge in [-0.05, 0) is 72.5 Å². The van der Waals surface area contributed by atoms with Crippen LogP contribution in [0.3, 0.4) is 0 Å². The van der Waals surface area contributed by atoms with Gasteiger partial charge in [0.1, 0.15) is 32.7 Å². The van der Waals surface area contributed by atoms with Crippen molar-refractivity contribution in [2.75, 3.05) is 0 Å². The summed E-state index contributed by atoms with van der Waals surface area (Å²) in [6, 6.07) is 21.9. The molecule has 0 amide bonds. The minimum atomic E-state index is -4.32. The zero-order valence-corrected chi connectivity index (χ0v) is 28.0. The van der Waals surface area contributed by atoms with Gasteiger partial charge in [-0.25, -0.2) is 0 Å². The molecule has 0 saturated heterocycles. The highest BCUT2D eigenvalue weighted by Crippen LogP contribution is 2.40. The Morgan fingerprint density at radius 2 is 0.918 bits per heavy atom. The third-order valence-corrected chi connectivity index (χ3v) is 11.5. The van der Waals surface area contributed by atoms with Gasteiger partial charge >= 0.3 is 20.2 Å². The summed E-state index contributed by atoms with van der Waals surface area (Å²) in [4.78, 5) is 24.4. The molecule has 49 heavy (non-hydrogen) atoms. The quantitative estimate of drug-likeness (QED) is 0.171. The zero-order chi connectivity index (χ0) is 35.1. The van der Waals surface area contributed by atoms with E-state index in [4.69, 9.17) is 19.2 Å². The predicted octanol–water partition coefficient (Wildman–Crippen LogP) is 6.79. The monoisotopic (exact) mass is 694 g/mol. The molecule has 4 aromatic carbocycles. The van der Waals surface area contributed by atoms with Crippen LogP contribution in [0, 0.1) is 10.8 Å². The van der Waals surface area contributed by atoms with Gasteiger partial charge in [0.15, 0.2) is 0 Å². The first kappa shape index (κ1) is 33.4. The van der Waals surface area contributed by atoms with E-state index in [-0.39, 0.29) is 55.0 Å². The van der Waals surface area contributed by atoms with Crippen LogP contribution in [0.15, 0.2) is 107 Å². The molecule has 10 nitrogen and oxygen atoms in total. The first-order valence-corrected chi connectivity index (χ1v) is 18.1. The Balaban J connectivity index is 1.24. The topological polar surface area (TPSA) is 169 Å². The number of benzene rings is 4. The molecule has 0 aromatic heterocycles. The Bertz CT molecular complexity index is 2170. The number of rotatable bonds is 10. The van der Waals surface area contributed by atoms with Gasteiger partial charge in [-0.3, -0.25) is 20.4 Å². The normalized spacial score (nSPS) is 14.4. The van der Waals surface area contributed by atoms with Crippen LogP contribution in [0.4, 0.5) is 0 Å². The maximum Gasteiger partial charge on any atom is 0.339 e. The largest absolute Gasteiger partial charge is 0.379 e. The fourth-order valence-corrected chi connectivity index (χ4v) is 8.57. The first-order valence-electron chi connectivity index (χ1n) is 15.3. The summed E-state index contributed by atoms with van der Waals surface area (Å²) < 4.78 is 64.1. The number of ketones is 2. The second-order valence-electron chi connectivity index (χ2n) is 11.5. The van der Waals surface area contributed by atoms with Gasteiger partial charge in [-0.15, -0.1) is 0 Å². The van der Waals surface area contributed by atoms with Crippen LogP contribution >= 0.6 is 0 Å². The molecule has 248 valence electrons. The van der Waals surface area contributed by atoms with Crippen molar-refractivity contribution in [3.05, 3.63) is 130 Å². The molecule has 2 aliphatic carbocycles. The van der Waals surface area contributed by atoms with E-state index in [1.54, 1.807) is 48.5 Å². The summed E-state index contributed by atoms with van der Waals surface area (Å²) in [5, 5.41) is 15.5. The highest BCUT2D eigenvalue weighted by molar-refractivity contribution is 7.87. The van der Waals surface area contributed by atoms with Crippen molar-refractivity contribution in [3.63, 3.8) is 0 Å². The number of Topliss-reactive ketones (excluding diaryl/α,β-unsaturated/α-hetero) is 2. The Kier molecular flexibility index (Phi) is 8.55. The number of carbonyl (C=O) groups is 2. The number of nitrogens with one attached hydrogen (secondary N) is 2. The third kappa shape index (κ3) is 5.93. The van der Waals surface area contributed by atoms with Gasteiger partial charge in [0.25, 0.3) is 0 Å². The van der Waals surface area contributed by atoms with E-state index in [9.17, 15) is 26.4 Å². The molecule has 0 radical (unpaired) electrons. The fraction of sp³-hybridized carbons (Fsp3) is 0.135. The van der Waals surface area contributed by atoms with Crippen molar-refractivity contribution >= 4 is 55.4 Å². The highest BCUT2D eigenvalue weighted by atomic mass is 32.2. The van der Waals surface area contributed by atoms with Crippen LogP contribution in [0.2, 0.25) is 0 Å². The molecule has 2 N–H and O–H groups in total. The third-order valence-electron chi connectivity index (χ3n) is 8.92. The lowest BCUT2D eigenvalue weighted by molar-refractivity contribution is 0.105. The number of allylic oxidation sites excluding steroid dienone is 2. The van der Waals surface area contributed by atoms with Crippen molar-refractivity contribution in [3.8, 4) is 11.5 Å². The fourth-order valence-electron chi connectivity index (χ4n) is 6.27. The molecule has 0 atom stereocenters. The van der Waals surface area contributed by atoms with E-state index in [1.165, 1.54) is 60.7 Å². The molecular weight excluding hydrogens is 665 g/mol. The maximum atomic E-state index is 13.3. The van der Waals surface area contributed by atoms with E-state index in [1.807, 2.05) is 13.8 Å². The van der Waals surface area contributed by atoms with Crippen molar-refractivity contribution in [1.29, 1.82) is 10.8 Å². The Hall–Kier alpha value is -5.46. The second kappa shape index (κ2) is 12.5. The molecule has 6 rings (SSSR count). The molecule has 0 spiro atoms. The average molecular weight is 695 g/mol. The van der Waals surface area contributed by atoms with Gasteiger partial charge in [-0.1, -0.05) is 74.5 Å². The molecule has 0 aliphatic heterocycles. The average Bonchev–Trinajstić information content (AvgIpc) is 3.09. The lowest BCUT2D eigenvalue weighted by atomic mass is 9.70. The minimum absolute atomic E-state index is 0.0757. The molecule has 0 heterocycles. The minimum Gasteiger partial charge on any atom is -0.379 e. The van der Waals surface area contributed by atoms with E-state index >= 15 is 0 Å². The van der Waals surface area contributed by atoms with E-state index in [0.29, 0.717) is 12.8 Å². The predicted molar refractivity (Wildman–Crippen MR) is 185 cm³/mol. The van der Waals surface area contributed by atoms with Crippen molar-refractivity contribution in [2.45, 2.75) is 41.9 Å². The van der Waals surface area contributed by atoms with Crippen molar-refractivity contribution in [1.82, 2.24) is 0 Å². The Morgan fingerprint density at radius 1 is 0.551 bits per heavy atom. The van der Waals surface area contributed by atoms with Crippen molar-refractivity contribution < 1.29 is 34.8 Å². The van der Waals surface area contributed by atoms with Crippen molar-refractivity contribution in [2.24, 2.45) is 0 Å². The van der Waals surface area contributed by atoms with Gasteiger partial charge in [0, 0.05) is 27.7 Å². The van der Waals surface area contributed by atoms with Gasteiger partial charge in [0.05, 0.1) is 0 Å². The summed E-state index contributed by atoms with van der Waals surface area (Å²) in [7, 11) is -8.65. The second-order valence-corrected chi connectivity index (χ2v) is 14.5. The number of hydrogen-bond acceptors (Lipinski definition) is 10. The number of carbonyl (C=O) groups excluding carboxylic acids is 2. The Labute approximate surface area is 284 Å². The van der Waals surface area contributed by atoms with Gasteiger partial charge in [0.2, 0.25) is 11.6 Å². The maximum absolute atomic E-state index is 13.3. The molecule has 4 aromatic rings. The van der Waals surface area contributed by atoms with Gasteiger partial charge in [-0.2, -0.15) is 16.8 Å². The van der Waals surface area contributed by atoms with E-state index in [0.717, 1.165) is 11.1 Å².